The zero-order chi connectivity index (χ0) is 15.5. The lowest BCUT2D eigenvalue weighted by Gasteiger charge is -2.26. The summed E-state index contributed by atoms with van der Waals surface area (Å²) in [5.74, 6) is 0. The van der Waals surface area contributed by atoms with Gasteiger partial charge in [-0.1, -0.05) is 30.3 Å². The molecule has 0 spiro atoms. The van der Waals surface area contributed by atoms with Gasteiger partial charge in [0.15, 0.2) is 4.96 Å². The summed E-state index contributed by atoms with van der Waals surface area (Å²) >= 11 is 1.70. The van der Waals surface area contributed by atoms with Crippen LogP contribution in [-0.2, 0) is 11.2 Å². The molecule has 0 saturated carbocycles. The van der Waals surface area contributed by atoms with Crippen molar-refractivity contribution < 1.29 is 4.74 Å². The summed E-state index contributed by atoms with van der Waals surface area (Å²) < 4.78 is 7.68. The monoisotopic (exact) mass is 327 g/mol. The van der Waals surface area contributed by atoms with Crippen molar-refractivity contribution in [1.29, 1.82) is 0 Å². The molecule has 0 atom stereocenters. The molecule has 0 radical (unpaired) electrons. The maximum atomic E-state index is 5.42. The number of hydrogen-bond acceptors (Lipinski definition) is 4. The van der Waals surface area contributed by atoms with E-state index in [0.717, 1.165) is 56.3 Å². The Balaban J connectivity index is 1.54. The summed E-state index contributed by atoms with van der Waals surface area (Å²) in [6.07, 6.45) is 4.35. The Morgan fingerprint density at radius 2 is 1.96 bits per heavy atom. The maximum Gasteiger partial charge on any atom is 0.194 e. The van der Waals surface area contributed by atoms with Gasteiger partial charge >= 0.3 is 0 Å². The minimum atomic E-state index is 0.872. The molecule has 23 heavy (non-hydrogen) atoms. The van der Waals surface area contributed by atoms with E-state index in [0.29, 0.717) is 0 Å². The van der Waals surface area contributed by atoms with Gasteiger partial charge in [0.1, 0.15) is 0 Å². The Morgan fingerprint density at radius 3 is 2.78 bits per heavy atom. The number of imidazole rings is 1. The molecule has 1 aliphatic heterocycles. The van der Waals surface area contributed by atoms with E-state index in [1.807, 2.05) is 0 Å². The van der Waals surface area contributed by atoms with Crippen molar-refractivity contribution in [3.05, 3.63) is 47.6 Å². The van der Waals surface area contributed by atoms with Gasteiger partial charge in [-0.25, -0.2) is 4.98 Å². The molecule has 3 aromatic rings. The summed E-state index contributed by atoms with van der Waals surface area (Å²) in [4.78, 5) is 8.44. The molecule has 1 fully saturated rings. The molecule has 5 heteroatoms. The fourth-order valence-corrected chi connectivity index (χ4v) is 3.93. The molecule has 2 aromatic heterocycles. The van der Waals surface area contributed by atoms with Crippen LogP contribution in [0, 0.1) is 0 Å². The van der Waals surface area contributed by atoms with Crippen LogP contribution in [0.25, 0.3) is 16.2 Å². The average Bonchev–Trinajstić information content (AvgIpc) is 3.19. The minimum absolute atomic E-state index is 0.872. The van der Waals surface area contributed by atoms with Gasteiger partial charge in [-0.3, -0.25) is 9.30 Å². The average molecular weight is 327 g/mol. The van der Waals surface area contributed by atoms with Crippen molar-refractivity contribution in [2.45, 2.75) is 12.8 Å². The highest BCUT2D eigenvalue weighted by Crippen LogP contribution is 2.27. The molecule has 120 valence electrons. The number of thiazole rings is 1. The summed E-state index contributed by atoms with van der Waals surface area (Å²) in [6, 6.07) is 10.5. The van der Waals surface area contributed by atoms with Crippen molar-refractivity contribution in [3.63, 3.8) is 0 Å². The lowest BCUT2D eigenvalue weighted by atomic mass is 10.1. The van der Waals surface area contributed by atoms with E-state index in [-0.39, 0.29) is 0 Å². The van der Waals surface area contributed by atoms with Gasteiger partial charge in [-0.05, 0) is 19.4 Å². The quantitative estimate of drug-likeness (QED) is 0.720. The van der Waals surface area contributed by atoms with Crippen LogP contribution in [0.5, 0.6) is 0 Å². The summed E-state index contributed by atoms with van der Waals surface area (Å²) in [7, 11) is 0. The van der Waals surface area contributed by atoms with Crippen molar-refractivity contribution in [1.82, 2.24) is 14.3 Å². The number of ether oxygens (including phenoxy) is 1. The van der Waals surface area contributed by atoms with Crippen LogP contribution in [0.4, 0.5) is 0 Å². The molecule has 0 amide bonds. The SMILES string of the molecule is c1ccc(-c2nc3sccn3c2CCCN2CCOCC2)cc1. The van der Waals surface area contributed by atoms with Crippen LogP contribution in [0.3, 0.4) is 0 Å². The van der Waals surface area contributed by atoms with Gasteiger partial charge in [0, 0.05) is 30.2 Å². The number of benzene rings is 1. The first-order valence-corrected chi connectivity index (χ1v) is 9.10. The third-order valence-electron chi connectivity index (χ3n) is 4.40. The zero-order valence-electron chi connectivity index (χ0n) is 13.1. The largest absolute Gasteiger partial charge is 0.379 e. The van der Waals surface area contributed by atoms with Crippen LogP contribution in [0.15, 0.2) is 41.9 Å². The number of fused-ring (bicyclic) bond motifs is 1. The van der Waals surface area contributed by atoms with Crippen LogP contribution >= 0.6 is 11.3 Å². The van der Waals surface area contributed by atoms with Crippen LogP contribution in [0.2, 0.25) is 0 Å². The second-order valence-electron chi connectivity index (χ2n) is 5.89. The van der Waals surface area contributed by atoms with E-state index >= 15 is 0 Å². The highest BCUT2D eigenvalue weighted by molar-refractivity contribution is 7.15. The lowest BCUT2D eigenvalue weighted by molar-refractivity contribution is 0.0374. The molecule has 1 saturated heterocycles. The van der Waals surface area contributed by atoms with Gasteiger partial charge in [0.25, 0.3) is 0 Å². The van der Waals surface area contributed by atoms with Crippen molar-refractivity contribution in [3.8, 4) is 11.3 Å². The molecule has 0 aliphatic carbocycles. The zero-order valence-corrected chi connectivity index (χ0v) is 14.0. The molecular formula is C18H21N3OS. The maximum absolute atomic E-state index is 5.42. The molecule has 0 unspecified atom stereocenters. The predicted molar refractivity (Wildman–Crippen MR) is 94.1 cm³/mol. The fraction of sp³-hybridized carbons (Fsp3) is 0.389. The molecular weight excluding hydrogens is 306 g/mol. The van der Waals surface area contributed by atoms with Gasteiger partial charge < -0.3 is 4.74 Å². The molecule has 0 N–H and O–H groups in total. The lowest BCUT2D eigenvalue weighted by Crippen LogP contribution is -2.37. The number of nitrogens with zero attached hydrogens (tertiary/aromatic N) is 3. The highest BCUT2D eigenvalue weighted by Gasteiger charge is 2.15. The first-order chi connectivity index (χ1) is 11.4. The number of hydrogen-bond donors (Lipinski definition) is 0. The third kappa shape index (κ3) is 3.17. The normalized spacial score (nSPS) is 16.2. The molecule has 3 heterocycles. The first-order valence-electron chi connectivity index (χ1n) is 8.22. The van der Waals surface area contributed by atoms with Crippen molar-refractivity contribution in [2.75, 3.05) is 32.8 Å². The number of aryl methyl sites for hydroxylation is 1. The molecule has 1 aromatic carbocycles. The second kappa shape index (κ2) is 6.83. The molecule has 1 aliphatic rings. The Morgan fingerprint density at radius 1 is 1.13 bits per heavy atom. The number of aromatic nitrogens is 2. The molecule has 4 rings (SSSR count). The Hall–Kier alpha value is -1.69. The van der Waals surface area contributed by atoms with Gasteiger partial charge in [-0.2, -0.15) is 0 Å². The van der Waals surface area contributed by atoms with Gasteiger partial charge in [0.05, 0.1) is 24.6 Å². The van der Waals surface area contributed by atoms with Crippen molar-refractivity contribution >= 4 is 16.3 Å². The Bertz CT molecular complexity index is 759. The molecule has 4 nitrogen and oxygen atoms in total. The highest BCUT2D eigenvalue weighted by atomic mass is 32.1. The topological polar surface area (TPSA) is 29.8 Å². The van der Waals surface area contributed by atoms with E-state index in [9.17, 15) is 0 Å². The van der Waals surface area contributed by atoms with E-state index in [1.165, 1.54) is 11.3 Å². The minimum Gasteiger partial charge on any atom is -0.379 e. The summed E-state index contributed by atoms with van der Waals surface area (Å²) in [5.41, 5.74) is 3.69. The smallest absolute Gasteiger partial charge is 0.194 e. The van der Waals surface area contributed by atoms with Gasteiger partial charge in [0.2, 0.25) is 0 Å². The van der Waals surface area contributed by atoms with E-state index < -0.39 is 0 Å². The van der Waals surface area contributed by atoms with Crippen LogP contribution in [0.1, 0.15) is 12.1 Å². The fourth-order valence-electron chi connectivity index (χ4n) is 3.19. The second-order valence-corrected chi connectivity index (χ2v) is 6.76. The van der Waals surface area contributed by atoms with E-state index in [2.05, 4.69) is 51.2 Å². The predicted octanol–water partition coefficient (Wildman–Crippen LogP) is 3.33. The van der Waals surface area contributed by atoms with Crippen LogP contribution < -0.4 is 0 Å². The third-order valence-corrected chi connectivity index (χ3v) is 5.16. The first kappa shape index (κ1) is 14.9. The van der Waals surface area contributed by atoms with E-state index in [1.54, 1.807) is 11.3 Å². The summed E-state index contributed by atoms with van der Waals surface area (Å²) in [6.45, 7) is 5.00. The van der Waals surface area contributed by atoms with Crippen molar-refractivity contribution in [2.24, 2.45) is 0 Å². The molecule has 0 bridgehead atoms. The Labute approximate surface area is 140 Å². The van der Waals surface area contributed by atoms with E-state index in [4.69, 9.17) is 9.72 Å². The van der Waals surface area contributed by atoms with Crippen LogP contribution in [-0.4, -0.2) is 47.1 Å². The standard InChI is InChI=1S/C18H21N3OS/c1-2-5-15(6-3-1)17-16(21-11-14-23-18(21)19-17)7-4-8-20-9-12-22-13-10-20/h1-3,5-6,11,14H,4,7-10,12-13H2. The summed E-state index contributed by atoms with van der Waals surface area (Å²) in [5, 5.41) is 2.11. The Kier molecular flexibility index (Phi) is 4.41. The number of morpholine rings is 1. The number of rotatable bonds is 5. The van der Waals surface area contributed by atoms with Gasteiger partial charge in [-0.15, -0.1) is 11.3 Å².